The van der Waals surface area contributed by atoms with Crippen molar-refractivity contribution in [1.29, 1.82) is 0 Å². The van der Waals surface area contributed by atoms with Gasteiger partial charge >= 0.3 is 0 Å². The number of nitrogens with zero attached hydrogens (tertiary/aromatic N) is 2. The Morgan fingerprint density at radius 2 is 2.54 bits per heavy atom. The van der Waals surface area contributed by atoms with E-state index in [4.69, 9.17) is 0 Å². The summed E-state index contributed by atoms with van der Waals surface area (Å²) in [5.74, 6) is 0.903. The molecule has 0 unspecified atom stereocenters. The molecule has 0 aliphatic carbocycles. The van der Waals surface area contributed by atoms with E-state index in [0.717, 1.165) is 16.6 Å². The zero-order valence-electron chi connectivity index (χ0n) is 7.15. The van der Waals surface area contributed by atoms with Crippen LogP contribution in [0.5, 0.6) is 0 Å². The first-order valence-corrected chi connectivity index (χ1v) is 5.72. The molecule has 0 saturated heterocycles. The van der Waals surface area contributed by atoms with Crippen LogP contribution < -0.4 is 5.43 Å². The molecule has 68 valence electrons. The van der Waals surface area contributed by atoms with Gasteiger partial charge in [-0.25, -0.2) is 0 Å². The maximum absolute atomic E-state index is 4.25. The lowest BCUT2D eigenvalue weighted by Crippen LogP contribution is -2.24. The molecule has 0 aromatic carbocycles. The van der Waals surface area contributed by atoms with Gasteiger partial charge in [-0.15, -0.1) is 11.3 Å². The molecule has 13 heavy (non-hydrogen) atoms. The Hall–Kier alpha value is -0.810. The lowest BCUT2D eigenvalue weighted by molar-refractivity contribution is 1.03. The minimum atomic E-state index is 0.889. The van der Waals surface area contributed by atoms with Gasteiger partial charge < -0.3 is 0 Å². The summed E-state index contributed by atoms with van der Waals surface area (Å²) in [5.41, 5.74) is 4.02. The molecule has 0 atom stereocenters. The van der Waals surface area contributed by atoms with Gasteiger partial charge in [0.1, 0.15) is 0 Å². The molecule has 0 bridgehead atoms. The van der Waals surface area contributed by atoms with Gasteiger partial charge in [0, 0.05) is 12.8 Å². The summed E-state index contributed by atoms with van der Waals surface area (Å²) in [6, 6.07) is 4.12. The van der Waals surface area contributed by atoms with Crippen LogP contribution in [-0.2, 0) is 0 Å². The molecule has 1 aromatic rings. The molecule has 1 N–H and O–H groups in total. The van der Waals surface area contributed by atoms with Crippen molar-refractivity contribution in [3.63, 3.8) is 0 Å². The lowest BCUT2D eigenvalue weighted by atomic mass is 10.3. The second-order valence-electron chi connectivity index (χ2n) is 2.47. The van der Waals surface area contributed by atoms with E-state index in [2.05, 4.69) is 27.0 Å². The summed E-state index contributed by atoms with van der Waals surface area (Å²) in [7, 11) is 1.76. The molecule has 0 spiro atoms. The van der Waals surface area contributed by atoms with Crippen LogP contribution in [0.25, 0.3) is 0 Å². The SMILES string of the molecule is CN=C1NN=C(c2cccs2)CS1. The van der Waals surface area contributed by atoms with E-state index in [1.54, 1.807) is 30.1 Å². The van der Waals surface area contributed by atoms with Gasteiger partial charge in [0.2, 0.25) is 0 Å². The normalized spacial score (nSPS) is 19.8. The highest BCUT2D eigenvalue weighted by atomic mass is 32.2. The summed E-state index contributed by atoms with van der Waals surface area (Å²) in [5, 5.41) is 7.20. The second-order valence-corrected chi connectivity index (χ2v) is 4.38. The summed E-state index contributed by atoms with van der Waals surface area (Å²) in [4.78, 5) is 5.26. The van der Waals surface area contributed by atoms with Gasteiger partial charge in [0.15, 0.2) is 5.17 Å². The zero-order chi connectivity index (χ0) is 9.10. The van der Waals surface area contributed by atoms with E-state index in [9.17, 15) is 0 Å². The Morgan fingerprint density at radius 3 is 3.08 bits per heavy atom. The number of rotatable bonds is 1. The molecule has 2 heterocycles. The average Bonchev–Trinajstić information content (AvgIpc) is 2.71. The minimum Gasteiger partial charge on any atom is -0.265 e. The van der Waals surface area contributed by atoms with Gasteiger partial charge in [-0.1, -0.05) is 17.8 Å². The van der Waals surface area contributed by atoms with Crippen LogP contribution in [0, 0.1) is 0 Å². The number of thioether (sulfide) groups is 1. The fraction of sp³-hybridized carbons (Fsp3) is 0.250. The van der Waals surface area contributed by atoms with Gasteiger partial charge in [0.25, 0.3) is 0 Å². The second kappa shape index (κ2) is 3.93. The third-order valence-corrected chi connectivity index (χ3v) is 3.52. The van der Waals surface area contributed by atoms with Crippen molar-refractivity contribution in [2.24, 2.45) is 10.1 Å². The van der Waals surface area contributed by atoms with Crippen molar-refractivity contribution in [1.82, 2.24) is 5.43 Å². The largest absolute Gasteiger partial charge is 0.265 e. The highest BCUT2D eigenvalue weighted by Gasteiger charge is 2.12. The molecular formula is C8H9N3S2. The summed E-state index contributed by atoms with van der Waals surface area (Å²) in [6.45, 7) is 0. The maximum Gasteiger partial charge on any atom is 0.177 e. The van der Waals surface area contributed by atoms with Crippen LogP contribution in [-0.4, -0.2) is 23.7 Å². The van der Waals surface area contributed by atoms with Gasteiger partial charge in [-0.05, 0) is 11.4 Å². The van der Waals surface area contributed by atoms with Crippen LogP contribution >= 0.6 is 23.1 Å². The molecule has 0 fully saturated rings. The average molecular weight is 211 g/mol. The Morgan fingerprint density at radius 1 is 1.62 bits per heavy atom. The van der Waals surface area contributed by atoms with Crippen molar-refractivity contribution in [3.05, 3.63) is 22.4 Å². The number of thiophene rings is 1. The van der Waals surface area contributed by atoms with Crippen LogP contribution in [0.15, 0.2) is 27.6 Å². The predicted molar refractivity (Wildman–Crippen MR) is 59.8 cm³/mol. The molecule has 1 aromatic heterocycles. The topological polar surface area (TPSA) is 36.8 Å². The summed E-state index contributed by atoms with van der Waals surface area (Å²) in [6.07, 6.45) is 0. The molecule has 5 heteroatoms. The molecular weight excluding hydrogens is 202 g/mol. The van der Waals surface area contributed by atoms with Crippen LogP contribution in [0.3, 0.4) is 0 Å². The van der Waals surface area contributed by atoms with Gasteiger partial charge in [-0.2, -0.15) is 5.10 Å². The quantitative estimate of drug-likeness (QED) is 0.768. The number of hydrogen-bond acceptors (Lipinski definition) is 4. The minimum absolute atomic E-state index is 0.889. The zero-order valence-corrected chi connectivity index (χ0v) is 8.78. The van der Waals surface area contributed by atoms with Crippen molar-refractivity contribution in [3.8, 4) is 0 Å². The van der Waals surface area contributed by atoms with Crippen molar-refractivity contribution >= 4 is 34.0 Å². The van der Waals surface area contributed by atoms with E-state index < -0.39 is 0 Å². The van der Waals surface area contributed by atoms with E-state index in [1.165, 1.54) is 4.88 Å². The van der Waals surface area contributed by atoms with Crippen molar-refractivity contribution < 1.29 is 0 Å². The van der Waals surface area contributed by atoms with Gasteiger partial charge in [-0.3, -0.25) is 10.4 Å². The first kappa shape index (κ1) is 8.77. The Bertz CT molecular complexity index is 340. The monoisotopic (exact) mass is 211 g/mol. The Kier molecular flexibility index (Phi) is 2.65. The highest BCUT2D eigenvalue weighted by Crippen LogP contribution is 2.16. The standard InChI is InChI=1S/C8H9N3S2/c1-9-8-11-10-6(5-13-8)7-3-2-4-12-7/h2-4H,5H2,1H3,(H,9,11). The third-order valence-electron chi connectivity index (χ3n) is 1.64. The maximum atomic E-state index is 4.25. The number of hydrazone groups is 1. The lowest BCUT2D eigenvalue weighted by Gasteiger charge is -2.12. The van der Waals surface area contributed by atoms with E-state index >= 15 is 0 Å². The molecule has 0 saturated carbocycles. The number of amidine groups is 1. The molecule has 1 aliphatic heterocycles. The van der Waals surface area contributed by atoms with Crippen molar-refractivity contribution in [2.75, 3.05) is 12.8 Å². The first-order chi connectivity index (χ1) is 6.40. The predicted octanol–water partition coefficient (Wildman–Crippen LogP) is 1.77. The van der Waals surface area contributed by atoms with E-state index in [1.807, 2.05) is 6.07 Å². The van der Waals surface area contributed by atoms with E-state index in [0.29, 0.717) is 0 Å². The number of hydrogen-bond donors (Lipinski definition) is 1. The summed E-state index contributed by atoms with van der Waals surface area (Å²) < 4.78 is 0. The molecule has 2 rings (SSSR count). The molecule has 3 nitrogen and oxygen atoms in total. The molecule has 0 radical (unpaired) electrons. The molecule has 1 aliphatic rings. The van der Waals surface area contributed by atoms with Crippen LogP contribution in [0.4, 0.5) is 0 Å². The van der Waals surface area contributed by atoms with E-state index in [-0.39, 0.29) is 0 Å². The van der Waals surface area contributed by atoms with Gasteiger partial charge in [0.05, 0.1) is 10.6 Å². The van der Waals surface area contributed by atoms with Crippen LogP contribution in [0.1, 0.15) is 4.88 Å². The Balaban J connectivity index is 2.16. The number of aliphatic imine (C=N–C) groups is 1. The fourth-order valence-electron chi connectivity index (χ4n) is 1.00. The smallest absolute Gasteiger partial charge is 0.177 e. The van der Waals surface area contributed by atoms with Crippen molar-refractivity contribution in [2.45, 2.75) is 0 Å². The summed E-state index contributed by atoms with van der Waals surface area (Å²) >= 11 is 3.40. The number of nitrogens with one attached hydrogen (secondary N) is 1. The fourth-order valence-corrected chi connectivity index (χ4v) is 2.54. The highest BCUT2D eigenvalue weighted by molar-refractivity contribution is 8.14. The first-order valence-electron chi connectivity index (χ1n) is 3.86. The third kappa shape index (κ3) is 1.92. The molecule has 0 amide bonds. The van der Waals surface area contributed by atoms with Crippen LogP contribution in [0.2, 0.25) is 0 Å². The Labute approximate surface area is 85.0 Å².